The van der Waals surface area contributed by atoms with Gasteiger partial charge in [-0.2, -0.15) is 0 Å². The van der Waals surface area contributed by atoms with Gasteiger partial charge in [0.25, 0.3) is 0 Å². The van der Waals surface area contributed by atoms with Crippen LogP contribution in [0.2, 0.25) is 0 Å². The van der Waals surface area contributed by atoms with Crippen molar-refractivity contribution >= 4 is 11.4 Å². The maximum absolute atomic E-state index is 5.88. The van der Waals surface area contributed by atoms with Gasteiger partial charge in [0.1, 0.15) is 18.1 Å². The Morgan fingerprint density at radius 2 is 1.90 bits per heavy atom. The fraction of sp³-hybridized carbons (Fsp3) is 0.250. The molecule has 0 bridgehead atoms. The SMILES string of the molecule is COc1ccc(COc2cccc(N(C)C)c2)cc1N. The van der Waals surface area contributed by atoms with Gasteiger partial charge in [-0.1, -0.05) is 12.1 Å². The molecule has 0 heterocycles. The molecule has 2 aromatic carbocycles. The molecule has 0 amide bonds. The van der Waals surface area contributed by atoms with Gasteiger partial charge in [0.15, 0.2) is 0 Å². The van der Waals surface area contributed by atoms with Crippen LogP contribution in [0.4, 0.5) is 11.4 Å². The molecule has 0 aliphatic carbocycles. The first-order valence-electron chi connectivity index (χ1n) is 6.42. The summed E-state index contributed by atoms with van der Waals surface area (Å²) in [6.07, 6.45) is 0. The molecule has 2 aromatic rings. The molecule has 2 N–H and O–H groups in total. The first-order valence-corrected chi connectivity index (χ1v) is 6.42. The summed E-state index contributed by atoms with van der Waals surface area (Å²) in [5, 5.41) is 0. The Bertz CT molecular complexity index is 582. The molecule has 0 fully saturated rings. The van der Waals surface area contributed by atoms with Crippen LogP contribution in [-0.4, -0.2) is 21.2 Å². The van der Waals surface area contributed by atoms with E-state index in [1.54, 1.807) is 7.11 Å². The summed E-state index contributed by atoms with van der Waals surface area (Å²) >= 11 is 0. The Balaban J connectivity index is 2.05. The van der Waals surface area contributed by atoms with Gasteiger partial charge in [0, 0.05) is 25.8 Å². The normalized spacial score (nSPS) is 10.2. The van der Waals surface area contributed by atoms with Crippen molar-refractivity contribution in [2.45, 2.75) is 6.61 Å². The lowest BCUT2D eigenvalue weighted by molar-refractivity contribution is 0.306. The summed E-state index contributed by atoms with van der Waals surface area (Å²) in [7, 11) is 5.61. The highest BCUT2D eigenvalue weighted by atomic mass is 16.5. The predicted octanol–water partition coefficient (Wildman–Crippen LogP) is 2.92. The van der Waals surface area contributed by atoms with E-state index in [0.29, 0.717) is 18.0 Å². The number of hydrogen-bond acceptors (Lipinski definition) is 4. The van der Waals surface area contributed by atoms with Gasteiger partial charge in [-0.15, -0.1) is 0 Å². The molecule has 0 atom stereocenters. The number of nitrogens with two attached hydrogens (primary N) is 1. The zero-order chi connectivity index (χ0) is 14.5. The van der Waals surface area contributed by atoms with E-state index in [1.807, 2.05) is 61.5 Å². The number of hydrogen-bond donors (Lipinski definition) is 1. The molecule has 0 aliphatic heterocycles. The fourth-order valence-corrected chi connectivity index (χ4v) is 1.89. The molecule has 4 heteroatoms. The quantitative estimate of drug-likeness (QED) is 0.850. The van der Waals surface area contributed by atoms with E-state index >= 15 is 0 Å². The third kappa shape index (κ3) is 3.35. The smallest absolute Gasteiger partial charge is 0.141 e. The number of ether oxygens (including phenoxy) is 2. The Labute approximate surface area is 119 Å². The molecule has 0 aliphatic rings. The molecular weight excluding hydrogens is 252 g/mol. The largest absolute Gasteiger partial charge is 0.495 e. The molecule has 0 saturated heterocycles. The van der Waals surface area contributed by atoms with Crippen LogP contribution in [0.25, 0.3) is 0 Å². The minimum absolute atomic E-state index is 0.477. The van der Waals surface area contributed by atoms with Crippen molar-refractivity contribution in [3.8, 4) is 11.5 Å². The van der Waals surface area contributed by atoms with Crippen LogP contribution in [-0.2, 0) is 6.61 Å². The van der Waals surface area contributed by atoms with Gasteiger partial charge < -0.3 is 20.1 Å². The Kier molecular flexibility index (Phi) is 4.35. The average Bonchev–Trinajstić information content (AvgIpc) is 2.45. The number of benzene rings is 2. The standard InChI is InChI=1S/C16H20N2O2/c1-18(2)13-5-4-6-14(10-13)20-11-12-7-8-16(19-3)15(17)9-12/h4-10H,11,17H2,1-3H3. The monoisotopic (exact) mass is 272 g/mol. The van der Waals surface area contributed by atoms with Crippen molar-refractivity contribution in [1.82, 2.24) is 0 Å². The third-order valence-corrected chi connectivity index (χ3v) is 3.03. The molecule has 0 unspecified atom stereocenters. The molecule has 0 radical (unpaired) electrons. The zero-order valence-corrected chi connectivity index (χ0v) is 12.1. The zero-order valence-electron chi connectivity index (χ0n) is 12.1. The lowest BCUT2D eigenvalue weighted by Crippen LogP contribution is -2.08. The van der Waals surface area contributed by atoms with E-state index in [1.165, 1.54) is 0 Å². The number of nitrogens with zero attached hydrogens (tertiary/aromatic N) is 1. The molecule has 2 rings (SSSR count). The number of rotatable bonds is 5. The molecule has 0 spiro atoms. The first kappa shape index (κ1) is 14.1. The highest BCUT2D eigenvalue weighted by Gasteiger charge is 2.03. The van der Waals surface area contributed by atoms with E-state index in [-0.39, 0.29) is 0 Å². The van der Waals surface area contributed by atoms with Gasteiger partial charge >= 0.3 is 0 Å². The van der Waals surface area contributed by atoms with Crippen LogP contribution >= 0.6 is 0 Å². The van der Waals surface area contributed by atoms with Crippen molar-refractivity contribution in [2.24, 2.45) is 0 Å². The minimum Gasteiger partial charge on any atom is -0.495 e. The van der Waals surface area contributed by atoms with E-state index in [9.17, 15) is 0 Å². The van der Waals surface area contributed by atoms with Gasteiger partial charge in [-0.3, -0.25) is 0 Å². The highest BCUT2D eigenvalue weighted by Crippen LogP contribution is 2.24. The lowest BCUT2D eigenvalue weighted by Gasteiger charge is -2.14. The van der Waals surface area contributed by atoms with Crippen LogP contribution in [0.3, 0.4) is 0 Å². The predicted molar refractivity (Wildman–Crippen MR) is 82.5 cm³/mol. The van der Waals surface area contributed by atoms with Crippen LogP contribution in [0.15, 0.2) is 42.5 Å². The summed E-state index contributed by atoms with van der Waals surface area (Å²) in [4.78, 5) is 2.04. The van der Waals surface area contributed by atoms with Crippen molar-refractivity contribution in [1.29, 1.82) is 0 Å². The average molecular weight is 272 g/mol. The number of anilines is 2. The maximum Gasteiger partial charge on any atom is 0.141 e. The van der Waals surface area contributed by atoms with Crippen LogP contribution in [0.1, 0.15) is 5.56 Å². The lowest BCUT2D eigenvalue weighted by atomic mass is 10.2. The van der Waals surface area contributed by atoms with Gasteiger partial charge in [-0.25, -0.2) is 0 Å². The van der Waals surface area contributed by atoms with E-state index in [0.717, 1.165) is 17.0 Å². The van der Waals surface area contributed by atoms with Crippen molar-refractivity contribution < 1.29 is 9.47 Å². The number of methoxy groups -OCH3 is 1. The fourth-order valence-electron chi connectivity index (χ4n) is 1.89. The van der Waals surface area contributed by atoms with E-state index in [4.69, 9.17) is 15.2 Å². The summed E-state index contributed by atoms with van der Waals surface area (Å²) in [6, 6.07) is 13.6. The summed E-state index contributed by atoms with van der Waals surface area (Å²) in [5.74, 6) is 1.52. The van der Waals surface area contributed by atoms with Crippen LogP contribution in [0, 0.1) is 0 Å². The second-order valence-corrected chi connectivity index (χ2v) is 4.76. The number of nitrogen functional groups attached to an aromatic ring is 1. The van der Waals surface area contributed by atoms with Crippen LogP contribution < -0.4 is 20.1 Å². The molecule has 20 heavy (non-hydrogen) atoms. The highest BCUT2D eigenvalue weighted by molar-refractivity contribution is 5.54. The molecular formula is C16H20N2O2. The maximum atomic E-state index is 5.88. The molecule has 106 valence electrons. The summed E-state index contributed by atoms with van der Waals surface area (Å²) in [6.45, 7) is 0.477. The second-order valence-electron chi connectivity index (χ2n) is 4.76. The summed E-state index contributed by atoms with van der Waals surface area (Å²) in [5.41, 5.74) is 8.62. The second kappa shape index (κ2) is 6.19. The van der Waals surface area contributed by atoms with E-state index in [2.05, 4.69) is 0 Å². The topological polar surface area (TPSA) is 47.7 Å². The van der Waals surface area contributed by atoms with Gasteiger partial charge in [0.2, 0.25) is 0 Å². The summed E-state index contributed by atoms with van der Waals surface area (Å²) < 4.78 is 10.9. The first-order chi connectivity index (χ1) is 9.60. The van der Waals surface area contributed by atoms with Crippen LogP contribution in [0.5, 0.6) is 11.5 Å². The third-order valence-electron chi connectivity index (χ3n) is 3.03. The van der Waals surface area contributed by atoms with E-state index < -0.39 is 0 Å². The van der Waals surface area contributed by atoms with Gasteiger partial charge in [-0.05, 0) is 29.8 Å². The Morgan fingerprint density at radius 3 is 2.55 bits per heavy atom. The van der Waals surface area contributed by atoms with Crippen molar-refractivity contribution in [3.05, 3.63) is 48.0 Å². The van der Waals surface area contributed by atoms with Crippen molar-refractivity contribution in [2.75, 3.05) is 31.8 Å². The molecule has 0 saturated carbocycles. The van der Waals surface area contributed by atoms with Gasteiger partial charge in [0.05, 0.1) is 12.8 Å². The Morgan fingerprint density at radius 1 is 1.10 bits per heavy atom. The Hall–Kier alpha value is -2.36. The molecule has 0 aromatic heterocycles. The van der Waals surface area contributed by atoms with Crippen molar-refractivity contribution in [3.63, 3.8) is 0 Å². The molecule has 4 nitrogen and oxygen atoms in total. The minimum atomic E-state index is 0.477.